The van der Waals surface area contributed by atoms with E-state index in [0.717, 1.165) is 17.8 Å². The molecule has 2 fully saturated rings. The molecule has 2 saturated carbocycles. The van der Waals surface area contributed by atoms with E-state index < -0.39 is 0 Å². The topological polar surface area (TPSA) is 0 Å². The summed E-state index contributed by atoms with van der Waals surface area (Å²) in [5, 5.41) is 0. The Hall–Kier alpha value is -0.520. The molecular formula is C29H58. The standard InChI is InChI=1S/C11H22.C10H18.C6H12.C2H6/c1-3-4-8-11-9-6-5-7-10(11)2;1-9(2)8-10-6-4-3-5-7-10;1-3-5-6-4-2;1-2/h10-11H,3-9H2,1-2H3;10H,1,3-8H2,2H3;3H,1,4-6H2,2H3;1-2H3. The molecule has 0 heterocycles. The molecule has 0 amide bonds. The maximum absolute atomic E-state index is 3.95. The molecule has 0 spiro atoms. The zero-order chi connectivity index (χ0) is 22.3. The predicted octanol–water partition coefficient (Wildman–Crippen LogP) is 10.9. The molecule has 2 aliphatic rings. The van der Waals surface area contributed by atoms with E-state index in [-0.39, 0.29) is 0 Å². The fourth-order valence-electron chi connectivity index (χ4n) is 4.52. The summed E-state index contributed by atoms with van der Waals surface area (Å²) in [5.41, 5.74) is 1.37. The molecule has 0 aromatic carbocycles. The molecule has 0 heteroatoms. The van der Waals surface area contributed by atoms with Crippen LogP contribution < -0.4 is 0 Å². The van der Waals surface area contributed by atoms with E-state index in [1.54, 1.807) is 0 Å². The lowest BCUT2D eigenvalue weighted by molar-refractivity contribution is 0.237. The van der Waals surface area contributed by atoms with Crippen molar-refractivity contribution >= 4 is 0 Å². The van der Waals surface area contributed by atoms with Gasteiger partial charge >= 0.3 is 0 Å². The summed E-state index contributed by atoms with van der Waals surface area (Å²) in [7, 11) is 0. The first-order chi connectivity index (χ1) is 14.0. The lowest BCUT2D eigenvalue weighted by atomic mass is 9.78. The molecule has 0 saturated heterocycles. The normalized spacial score (nSPS) is 21.3. The third-order valence-corrected chi connectivity index (χ3v) is 6.34. The van der Waals surface area contributed by atoms with Crippen molar-refractivity contribution in [3.05, 3.63) is 24.8 Å². The fraction of sp³-hybridized carbons (Fsp3) is 0.862. The molecule has 2 aliphatic carbocycles. The number of allylic oxidation sites excluding steroid dienone is 2. The van der Waals surface area contributed by atoms with Crippen LogP contribution in [0.5, 0.6) is 0 Å². The molecule has 0 nitrogen and oxygen atoms in total. The van der Waals surface area contributed by atoms with Crippen LogP contribution in [0.15, 0.2) is 24.8 Å². The molecular weight excluding hydrogens is 348 g/mol. The van der Waals surface area contributed by atoms with Crippen LogP contribution in [0.1, 0.15) is 144 Å². The van der Waals surface area contributed by atoms with Gasteiger partial charge in [0.05, 0.1) is 0 Å². The highest BCUT2D eigenvalue weighted by atomic mass is 14.3. The Morgan fingerprint density at radius 3 is 1.86 bits per heavy atom. The Balaban J connectivity index is 0. The second-order valence-corrected chi connectivity index (χ2v) is 9.26. The van der Waals surface area contributed by atoms with Gasteiger partial charge in [-0.15, -0.1) is 13.2 Å². The maximum Gasteiger partial charge on any atom is -0.0297 e. The van der Waals surface area contributed by atoms with Crippen molar-refractivity contribution < 1.29 is 0 Å². The SMILES string of the molecule is C=C(C)CC1CCCCC1.C=CCCCC.CC.CCCCC1CCCCC1C. The van der Waals surface area contributed by atoms with Gasteiger partial charge < -0.3 is 0 Å². The Labute approximate surface area is 187 Å². The van der Waals surface area contributed by atoms with Gasteiger partial charge in [0.1, 0.15) is 0 Å². The van der Waals surface area contributed by atoms with Crippen LogP contribution in [0.2, 0.25) is 0 Å². The number of unbranched alkanes of at least 4 members (excludes halogenated alkanes) is 3. The van der Waals surface area contributed by atoms with E-state index in [1.807, 2.05) is 19.9 Å². The van der Waals surface area contributed by atoms with Crippen molar-refractivity contribution in [1.82, 2.24) is 0 Å². The van der Waals surface area contributed by atoms with Gasteiger partial charge in [-0.3, -0.25) is 0 Å². The minimum atomic E-state index is 0.978. The summed E-state index contributed by atoms with van der Waals surface area (Å²) < 4.78 is 0. The van der Waals surface area contributed by atoms with Crippen molar-refractivity contribution in [3.8, 4) is 0 Å². The molecule has 0 aromatic rings. The van der Waals surface area contributed by atoms with Gasteiger partial charge in [-0.05, 0) is 37.5 Å². The minimum Gasteiger partial charge on any atom is -0.103 e. The van der Waals surface area contributed by atoms with E-state index in [2.05, 4.69) is 40.9 Å². The van der Waals surface area contributed by atoms with Crippen LogP contribution in [0.25, 0.3) is 0 Å². The van der Waals surface area contributed by atoms with E-state index in [4.69, 9.17) is 0 Å². The van der Waals surface area contributed by atoms with Crippen LogP contribution in [0.4, 0.5) is 0 Å². The number of hydrogen-bond donors (Lipinski definition) is 0. The molecule has 29 heavy (non-hydrogen) atoms. The first-order valence-corrected chi connectivity index (χ1v) is 13.3. The molecule has 174 valence electrons. The Bertz CT molecular complexity index is 334. The highest BCUT2D eigenvalue weighted by Gasteiger charge is 2.19. The van der Waals surface area contributed by atoms with Crippen molar-refractivity contribution in [2.24, 2.45) is 17.8 Å². The zero-order valence-corrected chi connectivity index (χ0v) is 21.5. The molecule has 0 N–H and O–H groups in total. The van der Waals surface area contributed by atoms with E-state index in [0.29, 0.717) is 0 Å². The minimum absolute atomic E-state index is 0.978. The Morgan fingerprint density at radius 2 is 1.41 bits per heavy atom. The van der Waals surface area contributed by atoms with Gasteiger partial charge in [0, 0.05) is 0 Å². The van der Waals surface area contributed by atoms with Crippen LogP contribution in [0.3, 0.4) is 0 Å². The maximum atomic E-state index is 3.95. The van der Waals surface area contributed by atoms with Gasteiger partial charge in [0.15, 0.2) is 0 Å². The molecule has 2 unspecified atom stereocenters. The average molecular weight is 407 g/mol. The van der Waals surface area contributed by atoms with Crippen LogP contribution >= 0.6 is 0 Å². The highest BCUT2D eigenvalue weighted by molar-refractivity contribution is 4.90. The van der Waals surface area contributed by atoms with Gasteiger partial charge in [0.2, 0.25) is 0 Å². The van der Waals surface area contributed by atoms with Gasteiger partial charge in [-0.1, -0.05) is 136 Å². The zero-order valence-electron chi connectivity index (χ0n) is 21.5. The molecule has 0 aromatic heterocycles. The van der Waals surface area contributed by atoms with Crippen molar-refractivity contribution in [2.75, 3.05) is 0 Å². The van der Waals surface area contributed by atoms with Crippen molar-refractivity contribution in [2.45, 2.75) is 144 Å². The van der Waals surface area contributed by atoms with Crippen LogP contribution in [-0.2, 0) is 0 Å². The molecule has 0 radical (unpaired) electrons. The van der Waals surface area contributed by atoms with E-state index in [9.17, 15) is 0 Å². The van der Waals surface area contributed by atoms with Crippen molar-refractivity contribution in [1.29, 1.82) is 0 Å². The number of rotatable bonds is 8. The first kappa shape index (κ1) is 30.7. The summed E-state index contributed by atoms with van der Waals surface area (Å²) in [6, 6.07) is 0. The third-order valence-electron chi connectivity index (χ3n) is 6.34. The Kier molecular flexibility index (Phi) is 25.1. The molecule has 2 rings (SSSR count). The summed E-state index contributed by atoms with van der Waals surface area (Å²) >= 11 is 0. The van der Waals surface area contributed by atoms with E-state index >= 15 is 0 Å². The lowest BCUT2D eigenvalue weighted by Gasteiger charge is -2.28. The van der Waals surface area contributed by atoms with Gasteiger partial charge in [-0.25, -0.2) is 0 Å². The molecule has 0 bridgehead atoms. The summed E-state index contributed by atoms with van der Waals surface area (Å²) in [5.74, 6) is 3.07. The largest absolute Gasteiger partial charge is 0.103 e. The molecule has 0 aliphatic heterocycles. The van der Waals surface area contributed by atoms with Crippen molar-refractivity contribution in [3.63, 3.8) is 0 Å². The second kappa shape index (κ2) is 23.8. The summed E-state index contributed by atoms with van der Waals surface area (Å²) in [4.78, 5) is 0. The summed E-state index contributed by atoms with van der Waals surface area (Å²) in [6.45, 7) is 20.6. The smallest absolute Gasteiger partial charge is 0.0297 e. The monoisotopic (exact) mass is 406 g/mol. The second-order valence-electron chi connectivity index (χ2n) is 9.26. The van der Waals surface area contributed by atoms with Crippen LogP contribution in [-0.4, -0.2) is 0 Å². The summed E-state index contributed by atoms with van der Waals surface area (Å²) in [6.07, 6.45) is 24.6. The predicted molar refractivity (Wildman–Crippen MR) is 138 cm³/mol. The van der Waals surface area contributed by atoms with Gasteiger partial charge in [-0.2, -0.15) is 0 Å². The van der Waals surface area contributed by atoms with E-state index in [1.165, 1.54) is 108 Å². The highest BCUT2D eigenvalue weighted by Crippen LogP contribution is 2.32. The average Bonchev–Trinajstić information content (AvgIpc) is 2.74. The quantitative estimate of drug-likeness (QED) is 0.277. The lowest BCUT2D eigenvalue weighted by Crippen LogP contribution is -2.16. The Morgan fingerprint density at radius 1 is 0.862 bits per heavy atom. The first-order valence-electron chi connectivity index (χ1n) is 13.3. The van der Waals surface area contributed by atoms with Crippen LogP contribution in [0, 0.1) is 17.8 Å². The molecule has 2 atom stereocenters. The fourth-order valence-corrected chi connectivity index (χ4v) is 4.52. The third kappa shape index (κ3) is 20.5. The number of hydrogen-bond acceptors (Lipinski definition) is 0. The van der Waals surface area contributed by atoms with Gasteiger partial charge in [0.25, 0.3) is 0 Å².